The smallest absolute Gasteiger partial charge is 0.188 e. The Morgan fingerprint density at radius 1 is 1.30 bits per heavy atom. The number of carbonyl (C=O) groups is 1. The molecule has 0 bridgehead atoms. The van der Waals surface area contributed by atoms with Crippen molar-refractivity contribution < 1.29 is 9.53 Å². The maximum atomic E-state index is 12.1. The molecule has 20 heavy (non-hydrogen) atoms. The van der Waals surface area contributed by atoms with Crippen LogP contribution in [0.3, 0.4) is 0 Å². The number of rotatable bonds is 4. The Labute approximate surface area is 126 Å². The average molecular weight is 295 g/mol. The molecule has 1 aromatic rings. The highest BCUT2D eigenvalue weighted by Crippen LogP contribution is 2.39. The lowest BCUT2D eigenvalue weighted by atomic mass is 9.71. The highest BCUT2D eigenvalue weighted by molar-refractivity contribution is 6.30. The van der Waals surface area contributed by atoms with Crippen molar-refractivity contribution in [3.8, 4) is 0 Å². The Bertz CT molecular complexity index is 464. The van der Waals surface area contributed by atoms with Gasteiger partial charge in [-0.1, -0.05) is 32.4 Å². The number of hydrogen-bond donors (Lipinski definition) is 0. The molecule has 0 radical (unpaired) electrons. The molecule has 2 rings (SSSR count). The van der Waals surface area contributed by atoms with Crippen molar-refractivity contribution in [1.29, 1.82) is 0 Å². The molecular formula is C17H23ClO2. The SMILES string of the molecule is CC1CC(OCC(=O)c2ccc(Cl)cc2)CC(C)(C)C1. The third-order valence-corrected chi connectivity index (χ3v) is 4.21. The Balaban J connectivity index is 1.88. The van der Waals surface area contributed by atoms with Crippen LogP contribution in [0.15, 0.2) is 24.3 Å². The van der Waals surface area contributed by atoms with E-state index < -0.39 is 0 Å². The van der Waals surface area contributed by atoms with Crippen LogP contribution in [0, 0.1) is 11.3 Å². The number of hydrogen-bond acceptors (Lipinski definition) is 2. The van der Waals surface area contributed by atoms with E-state index in [0.717, 1.165) is 12.8 Å². The van der Waals surface area contributed by atoms with E-state index in [1.165, 1.54) is 6.42 Å². The van der Waals surface area contributed by atoms with Gasteiger partial charge in [0, 0.05) is 10.6 Å². The minimum atomic E-state index is 0.0256. The Hall–Kier alpha value is -0.860. The number of halogens is 1. The molecule has 1 aliphatic rings. The maximum absolute atomic E-state index is 12.1. The van der Waals surface area contributed by atoms with Gasteiger partial charge >= 0.3 is 0 Å². The van der Waals surface area contributed by atoms with Crippen LogP contribution in [0.25, 0.3) is 0 Å². The summed E-state index contributed by atoms with van der Waals surface area (Å²) in [5.41, 5.74) is 0.976. The second-order valence-corrected chi connectivity index (χ2v) is 7.21. The summed E-state index contributed by atoms with van der Waals surface area (Å²) in [6.45, 7) is 6.98. The molecule has 1 saturated carbocycles. The van der Waals surface area contributed by atoms with E-state index in [4.69, 9.17) is 16.3 Å². The van der Waals surface area contributed by atoms with Gasteiger partial charge < -0.3 is 4.74 Å². The van der Waals surface area contributed by atoms with Gasteiger partial charge in [-0.05, 0) is 54.9 Å². The molecule has 0 aromatic heterocycles. The fourth-order valence-electron chi connectivity index (χ4n) is 3.30. The van der Waals surface area contributed by atoms with E-state index in [1.807, 2.05) is 0 Å². The van der Waals surface area contributed by atoms with Crippen LogP contribution in [-0.2, 0) is 4.74 Å². The summed E-state index contributed by atoms with van der Waals surface area (Å²) in [6.07, 6.45) is 3.52. The third kappa shape index (κ3) is 4.32. The molecule has 2 atom stereocenters. The summed E-state index contributed by atoms with van der Waals surface area (Å²) in [7, 11) is 0. The van der Waals surface area contributed by atoms with Crippen LogP contribution >= 0.6 is 11.6 Å². The van der Waals surface area contributed by atoms with E-state index in [-0.39, 0.29) is 18.5 Å². The summed E-state index contributed by atoms with van der Waals surface area (Å²) in [4.78, 5) is 12.1. The van der Waals surface area contributed by atoms with Crippen LogP contribution in [0.2, 0.25) is 5.02 Å². The Kier molecular flexibility index (Phi) is 4.87. The zero-order chi connectivity index (χ0) is 14.8. The molecular weight excluding hydrogens is 272 g/mol. The summed E-state index contributed by atoms with van der Waals surface area (Å²) in [6, 6.07) is 6.98. The molecule has 0 N–H and O–H groups in total. The lowest BCUT2D eigenvalue weighted by Crippen LogP contribution is -2.33. The van der Waals surface area contributed by atoms with E-state index in [0.29, 0.717) is 21.9 Å². The van der Waals surface area contributed by atoms with Gasteiger partial charge in [0.25, 0.3) is 0 Å². The van der Waals surface area contributed by atoms with Gasteiger partial charge in [0.2, 0.25) is 0 Å². The zero-order valence-corrected chi connectivity index (χ0v) is 13.2. The minimum absolute atomic E-state index is 0.0256. The lowest BCUT2D eigenvalue weighted by molar-refractivity contribution is -0.0167. The van der Waals surface area contributed by atoms with Crippen LogP contribution in [0.1, 0.15) is 50.4 Å². The summed E-state index contributed by atoms with van der Waals surface area (Å²) in [5.74, 6) is 0.687. The van der Waals surface area contributed by atoms with Gasteiger partial charge in [-0.15, -0.1) is 0 Å². The fraction of sp³-hybridized carbons (Fsp3) is 0.588. The van der Waals surface area contributed by atoms with Crippen molar-refractivity contribution in [3.63, 3.8) is 0 Å². The number of ether oxygens (including phenoxy) is 1. The molecule has 0 heterocycles. The van der Waals surface area contributed by atoms with Crippen LogP contribution < -0.4 is 0 Å². The standard InChI is InChI=1S/C17H23ClO2/c1-12-8-15(10-17(2,3)9-12)20-11-16(19)13-4-6-14(18)7-5-13/h4-7,12,15H,8-11H2,1-3H3. The first-order valence-corrected chi connectivity index (χ1v) is 7.64. The van der Waals surface area contributed by atoms with E-state index in [9.17, 15) is 4.79 Å². The number of ketones is 1. The first-order chi connectivity index (χ1) is 9.35. The van der Waals surface area contributed by atoms with Crippen molar-refractivity contribution in [2.45, 2.75) is 46.1 Å². The van der Waals surface area contributed by atoms with Gasteiger partial charge in [0.15, 0.2) is 5.78 Å². The normalized spacial score (nSPS) is 25.4. The first-order valence-electron chi connectivity index (χ1n) is 7.26. The first kappa shape index (κ1) is 15.5. The monoisotopic (exact) mass is 294 g/mol. The van der Waals surface area contributed by atoms with E-state index in [1.54, 1.807) is 24.3 Å². The highest BCUT2D eigenvalue weighted by Gasteiger charge is 2.32. The third-order valence-electron chi connectivity index (χ3n) is 3.96. The van der Waals surface area contributed by atoms with Gasteiger partial charge in [0.1, 0.15) is 6.61 Å². The molecule has 0 amide bonds. The summed E-state index contributed by atoms with van der Waals surface area (Å²) >= 11 is 5.82. The van der Waals surface area contributed by atoms with Crippen LogP contribution in [0.4, 0.5) is 0 Å². The Morgan fingerprint density at radius 2 is 1.95 bits per heavy atom. The summed E-state index contributed by atoms with van der Waals surface area (Å²) in [5, 5.41) is 0.644. The summed E-state index contributed by atoms with van der Waals surface area (Å²) < 4.78 is 5.85. The number of carbonyl (C=O) groups excluding carboxylic acids is 1. The molecule has 1 fully saturated rings. The average Bonchev–Trinajstić information content (AvgIpc) is 2.34. The van der Waals surface area contributed by atoms with Crippen molar-refractivity contribution in [3.05, 3.63) is 34.9 Å². The van der Waals surface area contributed by atoms with E-state index >= 15 is 0 Å². The fourth-order valence-corrected chi connectivity index (χ4v) is 3.42. The highest BCUT2D eigenvalue weighted by atomic mass is 35.5. The molecule has 1 aliphatic carbocycles. The second-order valence-electron chi connectivity index (χ2n) is 6.78. The maximum Gasteiger partial charge on any atom is 0.188 e. The molecule has 2 nitrogen and oxygen atoms in total. The number of benzene rings is 1. The predicted molar refractivity (Wildman–Crippen MR) is 82.3 cm³/mol. The molecule has 0 saturated heterocycles. The van der Waals surface area contributed by atoms with Crippen molar-refractivity contribution >= 4 is 17.4 Å². The van der Waals surface area contributed by atoms with Crippen molar-refractivity contribution in [1.82, 2.24) is 0 Å². The lowest BCUT2D eigenvalue weighted by Gasteiger charge is -2.38. The quantitative estimate of drug-likeness (QED) is 0.749. The molecule has 3 heteroatoms. The molecule has 0 spiro atoms. The minimum Gasteiger partial charge on any atom is -0.370 e. The predicted octanol–water partition coefficient (Wildman–Crippen LogP) is 4.75. The zero-order valence-electron chi connectivity index (χ0n) is 12.5. The van der Waals surface area contributed by atoms with E-state index in [2.05, 4.69) is 20.8 Å². The molecule has 2 unspecified atom stereocenters. The second kappa shape index (κ2) is 6.28. The van der Waals surface area contributed by atoms with Crippen molar-refractivity contribution in [2.24, 2.45) is 11.3 Å². The van der Waals surface area contributed by atoms with Gasteiger partial charge in [-0.25, -0.2) is 0 Å². The van der Waals surface area contributed by atoms with Gasteiger partial charge in [0.05, 0.1) is 6.10 Å². The molecule has 1 aromatic carbocycles. The topological polar surface area (TPSA) is 26.3 Å². The molecule has 110 valence electrons. The van der Waals surface area contributed by atoms with Gasteiger partial charge in [-0.3, -0.25) is 4.79 Å². The van der Waals surface area contributed by atoms with Gasteiger partial charge in [-0.2, -0.15) is 0 Å². The van der Waals surface area contributed by atoms with Crippen LogP contribution in [-0.4, -0.2) is 18.5 Å². The largest absolute Gasteiger partial charge is 0.370 e. The molecule has 0 aliphatic heterocycles. The number of Topliss-reactive ketones (excluding diaryl/α,β-unsaturated/α-hetero) is 1. The van der Waals surface area contributed by atoms with Crippen LogP contribution in [0.5, 0.6) is 0 Å². The Morgan fingerprint density at radius 3 is 2.55 bits per heavy atom. The van der Waals surface area contributed by atoms with Crippen molar-refractivity contribution in [2.75, 3.05) is 6.61 Å².